The number of carboxylic acids is 1. The second kappa shape index (κ2) is 6.63. The molecule has 0 bridgehead atoms. The average molecular weight is 344 g/mol. The van der Waals surface area contributed by atoms with Gasteiger partial charge in [-0.1, -0.05) is 0 Å². The number of aromatic nitrogens is 3. The van der Waals surface area contributed by atoms with Crippen molar-refractivity contribution in [2.45, 2.75) is 51.6 Å². The molecule has 1 aliphatic heterocycles. The molecule has 2 aromatic rings. The first-order valence-electron chi connectivity index (χ1n) is 9.13. The van der Waals surface area contributed by atoms with Crippen LogP contribution in [0.3, 0.4) is 0 Å². The van der Waals surface area contributed by atoms with Crippen molar-refractivity contribution >= 4 is 22.7 Å². The van der Waals surface area contributed by atoms with Crippen molar-refractivity contribution in [1.82, 2.24) is 14.8 Å². The summed E-state index contributed by atoms with van der Waals surface area (Å²) in [5.74, 6) is -0.346. The van der Waals surface area contributed by atoms with E-state index in [1.165, 1.54) is 0 Å². The maximum atomic E-state index is 12.1. The van der Waals surface area contributed by atoms with Crippen LogP contribution in [0.1, 0.15) is 48.7 Å². The topological polar surface area (TPSA) is 89.3 Å². The molecule has 0 radical (unpaired) electrons. The molecule has 0 amide bonds. The molecule has 0 aromatic carbocycles. The Kier molecular flexibility index (Phi) is 4.33. The van der Waals surface area contributed by atoms with Gasteiger partial charge < -0.3 is 15.2 Å². The first-order chi connectivity index (χ1) is 12.2. The fraction of sp³-hybridized carbons (Fsp3) is 0.611. The summed E-state index contributed by atoms with van der Waals surface area (Å²) in [5, 5.41) is 18.6. The molecule has 0 unspecified atom stereocenters. The van der Waals surface area contributed by atoms with Crippen LogP contribution in [0.2, 0.25) is 0 Å². The number of nitrogens with one attached hydrogen (secondary N) is 1. The van der Waals surface area contributed by atoms with Gasteiger partial charge in [0.1, 0.15) is 5.56 Å². The Morgan fingerprint density at radius 3 is 2.76 bits per heavy atom. The number of rotatable bonds is 6. The van der Waals surface area contributed by atoms with Gasteiger partial charge in [-0.3, -0.25) is 0 Å². The molecule has 7 heteroatoms. The number of carboxylic acid groups (broad SMARTS) is 1. The van der Waals surface area contributed by atoms with Crippen LogP contribution in [0.5, 0.6) is 0 Å². The van der Waals surface area contributed by atoms with E-state index in [9.17, 15) is 9.90 Å². The van der Waals surface area contributed by atoms with Gasteiger partial charge >= 0.3 is 5.97 Å². The SMILES string of the molecule is CCn1ncc2c(NC3CCOCC3)c(C(=O)O)c(CC3CC3)nc21. The Morgan fingerprint density at radius 1 is 1.36 bits per heavy atom. The highest BCUT2D eigenvalue weighted by Gasteiger charge is 2.29. The lowest BCUT2D eigenvalue weighted by Gasteiger charge is -2.25. The molecule has 7 nitrogen and oxygen atoms in total. The minimum absolute atomic E-state index is 0.219. The van der Waals surface area contributed by atoms with Gasteiger partial charge in [0.15, 0.2) is 5.65 Å². The van der Waals surface area contributed by atoms with Crippen molar-refractivity contribution in [1.29, 1.82) is 0 Å². The van der Waals surface area contributed by atoms with Gasteiger partial charge in [0, 0.05) is 25.8 Å². The number of hydrogen-bond acceptors (Lipinski definition) is 5. The van der Waals surface area contributed by atoms with Crippen LogP contribution in [0.4, 0.5) is 5.69 Å². The molecule has 2 N–H and O–H groups in total. The summed E-state index contributed by atoms with van der Waals surface area (Å²) in [6.45, 7) is 4.14. The maximum absolute atomic E-state index is 12.1. The fourth-order valence-corrected chi connectivity index (χ4v) is 3.54. The molecule has 2 aromatic heterocycles. The van der Waals surface area contributed by atoms with Crippen LogP contribution in [-0.4, -0.2) is 45.1 Å². The molecule has 1 aliphatic carbocycles. The van der Waals surface area contributed by atoms with Crippen molar-refractivity contribution in [2.24, 2.45) is 5.92 Å². The van der Waals surface area contributed by atoms with E-state index in [4.69, 9.17) is 9.72 Å². The van der Waals surface area contributed by atoms with Crippen molar-refractivity contribution in [2.75, 3.05) is 18.5 Å². The molecule has 25 heavy (non-hydrogen) atoms. The van der Waals surface area contributed by atoms with Gasteiger partial charge in [0.2, 0.25) is 0 Å². The number of hydrogen-bond donors (Lipinski definition) is 2. The van der Waals surface area contributed by atoms with E-state index in [0.29, 0.717) is 42.6 Å². The summed E-state index contributed by atoms with van der Waals surface area (Å²) in [4.78, 5) is 16.8. The average Bonchev–Trinajstić information content (AvgIpc) is 3.32. The second-order valence-corrected chi connectivity index (χ2v) is 6.99. The minimum Gasteiger partial charge on any atom is -0.478 e. The van der Waals surface area contributed by atoms with E-state index < -0.39 is 5.97 Å². The third kappa shape index (κ3) is 3.20. The van der Waals surface area contributed by atoms with Crippen molar-refractivity contribution in [3.05, 3.63) is 17.5 Å². The van der Waals surface area contributed by atoms with Gasteiger partial charge in [-0.2, -0.15) is 5.10 Å². The summed E-state index contributed by atoms with van der Waals surface area (Å²) in [6.07, 6.45) is 6.55. The third-order valence-corrected chi connectivity index (χ3v) is 5.12. The van der Waals surface area contributed by atoms with E-state index in [2.05, 4.69) is 10.4 Å². The lowest BCUT2D eigenvalue weighted by atomic mass is 10.0. The third-order valence-electron chi connectivity index (χ3n) is 5.12. The van der Waals surface area contributed by atoms with Crippen LogP contribution >= 0.6 is 0 Å². The quantitative estimate of drug-likeness (QED) is 0.837. The Labute approximate surface area is 146 Å². The van der Waals surface area contributed by atoms with E-state index in [1.807, 2.05) is 11.6 Å². The molecule has 1 saturated carbocycles. The molecular weight excluding hydrogens is 320 g/mol. The summed E-state index contributed by atoms with van der Waals surface area (Å²) in [5.41, 5.74) is 2.46. The Balaban J connectivity index is 1.83. The molecular formula is C18H24N4O3. The number of ether oxygens (including phenoxy) is 1. The first kappa shape index (κ1) is 16.3. The highest BCUT2D eigenvalue weighted by molar-refractivity contribution is 6.04. The largest absolute Gasteiger partial charge is 0.478 e. The van der Waals surface area contributed by atoms with Crippen molar-refractivity contribution < 1.29 is 14.6 Å². The van der Waals surface area contributed by atoms with Gasteiger partial charge in [-0.25, -0.2) is 14.5 Å². The van der Waals surface area contributed by atoms with Crippen LogP contribution in [0, 0.1) is 5.92 Å². The van der Waals surface area contributed by atoms with Gasteiger partial charge in [-0.05, 0) is 44.9 Å². The molecule has 1 saturated heterocycles. The number of aryl methyl sites for hydroxylation is 1. The van der Waals surface area contributed by atoms with Crippen molar-refractivity contribution in [3.8, 4) is 0 Å². The number of fused-ring (bicyclic) bond motifs is 1. The zero-order chi connectivity index (χ0) is 17.4. The Bertz CT molecular complexity index is 791. The van der Waals surface area contributed by atoms with Crippen LogP contribution in [0.25, 0.3) is 11.0 Å². The standard InChI is InChI=1S/C18H24N4O3/c1-2-22-17-13(10-19-22)16(20-12-5-7-25-8-6-12)15(18(23)24)14(21-17)9-11-3-4-11/h10-12H,2-9H2,1H3,(H,20,21)(H,23,24). The van der Waals surface area contributed by atoms with E-state index >= 15 is 0 Å². The van der Waals surface area contributed by atoms with E-state index in [0.717, 1.165) is 43.1 Å². The number of carbonyl (C=O) groups is 1. The van der Waals surface area contributed by atoms with Gasteiger partial charge in [0.05, 0.1) is 23.0 Å². The monoisotopic (exact) mass is 344 g/mol. The predicted molar refractivity (Wildman–Crippen MR) is 94.1 cm³/mol. The normalized spacial score (nSPS) is 18.6. The Hall–Kier alpha value is -2.15. The van der Waals surface area contributed by atoms with E-state index in [1.54, 1.807) is 6.20 Å². The van der Waals surface area contributed by atoms with Gasteiger partial charge in [-0.15, -0.1) is 0 Å². The molecule has 4 rings (SSSR count). The summed E-state index contributed by atoms with van der Waals surface area (Å²) in [7, 11) is 0. The maximum Gasteiger partial charge on any atom is 0.339 e. The summed E-state index contributed by atoms with van der Waals surface area (Å²) < 4.78 is 7.26. The smallest absolute Gasteiger partial charge is 0.339 e. The highest BCUT2D eigenvalue weighted by Crippen LogP contribution is 2.37. The van der Waals surface area contributed by atoms with E-state index in [-0.39, 0.29) is 6.04 Å². The lowest BCUT2D eigenvalue weighted by Crippen LogP contribution is -2.29. The molecule has 134 valence electrons. The minimum atomic E-state index is -0.913. The van der Waals surface area contributed by atoms with Crippen LogP contribution in [0.15, 0.2) is 6.20 Å². The predicted octanol–water partition coefficient (Wildman–Crippen LogP) is 2.69. The number of nitrogens with zero attached hydrogens (tertiary/aromatic N) is 3. The zero-order valence-corrected chi connectivity index (χ0v) is 14.5. The fourth-order valence-electron chi connectivity index (χ4n) is 3.54. The zero-order valence-electron chi connectivity index (χ0n) is 14.5. The van der Waals surface area contributed by atoms with Gasteiger partial charge in [0.25, 0.3) is 0 Å². The van der Waals surface area contributed by atoms with Crippen molar-refractivity contribution in [3.63, 3.8) is 0 Å². The number of aromatic carboxylic acids is 1. The van der Waals surface area contributed by atoms with Crippen LogP contribution < -0.4 is 5.32 Å². The molecule has 2 aliphatic rings. The van der Waals surface area contributed by atoms with Crippen LogP contribution in [-0.2, 0) is 17.7 Å². The number of anilines is 1. The summed E-state index contributed by atoms with van der Waals surface area (Å²) in [6, 6.07) is 0.219. The Morgan fingerprint density at radius 2 is 2.12 bits per heavy atom. The molecule has 3 heterocycles. The number of pyridine rings is 1. The lowest BCUT2D eigenvalue weighted by molar-refractivity contribution is 0.0696. The second-order valence-electron chi connectivity index (χ2n) is 6.99. The molecule has 2 fully saturated rings. The first-order valence-corrected chi connectivity index (χ1v) is 9.13. The highest BCUT2D eigenvalue weighted by atomic mass is 16.5. The molecule has 0 atom stereocenters. The summed E-state index contributed by atoms with van der Waals surface area (Å²) >= 11 is 0. The molecule has 0 spiro atoms.